The van der Waals surface area contributed by atoms with Crippen LogP contribution in [0, 0.1) is 6.92 Å². The van der Waals surface area contributed by atoms with Gasteiger partial charge < -0.3 is 14.8 Å². The molecule has 1 N–H and O–H groups in total. The number of aryl methyl sites for hydroxylation is 1. The lowest BCUT2D eigenvalue weighted by molar-refractivity contribution is -0.118. The van der Waals surface area contributed by atoms with Crippen LogP contribution in [0.25, 0.3) is 0 Å². The Kier molecular flexibility index (Phi) is 4.65. The summed E-state index contributed by atoms with van der Waals surface area (Å²) in [4.78, 5) is 0. The highest BCUT2D eigenvalue weighted by molar-refractivity contribution is 9.10. The van der Waals surface area contributed by atoms with Gasteiger partial charge in [-0.1, -0.05) is 15.9 Å². The van der Waals surface area contributed by atoms with Gasteiger partial charge >= 0.3 is 0 Å². The van der Waals surface area contributed by atoms with E-state index in [-0.39, 0.29) is 12.2 Å². The largest absolute Gasteiger partial charge is 0.379 e. The molecule has 0 spiro atoms. The van der Waals surface area contributed by atoms with E-state index in [1.165, 1.54) is 5.56 Å². The molecule has 1 fully saturated rings. The number of nitrogens with one attached hydrogen (secondary N) is 1. The molecule has 18 heavy (non-hydrogen) atoms. The maximum absolute atomic E-state index is 5.62. The summed E-state index contributed by atoms with van der Waals surface area (Å²) in [5, 5.41) is 3.51. The molecule has 1 aliphatic carbocycles. The molecule has 3 atom stereocenters. The van der Waals surface area contributed by atoms with E-state index in [9.17, 15) is 0 Å². The van der Waals surface area contributed by atoms with Crippen LogP contribution in [0.4, 0.5) is 5.69 Å². The van der Waals surface area contributed by atoms with Crippen LogP contribution >= 0.6 is 15.9 Å². The number of benzene rings is 1. The first-order chi connectivity index (χ1) is 8.63. The Labute approximate surface area is 117 Å². The Bertz CT molecular complexity index is 391. The van der Waals surface area contributed by atoms with Crippen LogP contribution in [-0.4, -0.2) is 32.0 Å². The van der Waals surface area contributed by atoms with E-state index in [0.29, 0.717) is 6.04 Å². The van der Waals surface area contributed by atoms with Gasteiger partial charge in [0, 0.05) is 23.9 Å². The molecule has 0 aliphatic heterocycles. The zero-order chi connectivity index (χ0) is 13.1. The standard InChI is InChI=1S/C14H20BrNO2/c1-4-18-13-8-12(14(13)17-3)16-11-6-9(2)5-10(15)7-11/h5-7,12-14,16H,4,8H2,1-3H3. The number of hydrogen-bond donors (Lipinski definition) is 1. The van der Waals surface area contributed by atoms with Gasteiger partial charge in [-0.25, -0.2) is 0 Å². The molecule has 0 heterocycles. The lowest BCUT2D eigenvalue weighted by Crippen LogP contribution is -2.56. The molecule has 1 aromatic carbocycles. The average molecular weight is 314 g/mol. The molecule has 3 nitrogen and oxygen atoms in total. The third-order valence-corrected chi connectivity index (χ3v) is 3.75. The first kappa shape index (κ1) is 13.8. The van der Waals surface area contributed by atoms with Crippen LogP contribution in [0.3, 0.4) is 0 Å². The van der Waals surface area contributed by atoms with E-state index in [2.05, 4.69) is 46.4 Å². The first-order valence-corrected chi connectivity index (χ1v) is 7.11. The summed E-state index contributed by atoms with van der Waals surface area (Å²) in [5.74, 6) is 0. The summed E-state index contributed by atoms with van der Waals surface area (Å²) in [6.45, 7) is 4.85. The normalized spacial score (nSPS) is 26.8. The van der Waals surface area contributed by atoms with Crippen molar-refractivity contribution in [1.82, 2.24) is 0 Å². The number of anilines is 1. The SMILES string of the molecule is CCOC1CC(Nc2cc(C)cc(Br)c2)C1OC. The molecule has 100 valence electrons. The van der Waals surface area contributed by atoms with Crippen molar-refractivity contribution in [2.24, 2.45) is 0 Å². The summed E-state index contributed by atoms with van der Waals surface area (Å²) in [7, 11) is 1.75. The molecule has 0 bridgehead atoms. The smallest absolute Gasteiger partial charge is 0.103 e. The first-order valence-electron chi connectivity index (χ1n) is 6.32. The second kappa shape index (κ2) is 6.04. The molecule has 0 saturated heterocycles. The average Bonchev–Trinajstić information content (AvgIpc) is 2.26. The minimum atomic E-state index is 0.143. The van der Waals surface area contributed by atoms with Crippen LogP contribution < -0.4 is 5.32 Å². The number of ether oxygens (including phenoxy) is 2. The van der Waals surface area contributed by atoms with E-state index in [0.717, 1.165) is 23.2 Å². The van der Waals surface area contributed by atoms with Crippen LogP contribution in [-0.2, 0) is 9.47 Å². The topological polar surface area (TPSA) is 30.5 Å². The van der Waals surface area contributed by atoms with E-state index < -0.39 is 0 Å². The zero-order valence-electron chi connectivity index (χ0n) is 11.1. The summed E-state index contributed by atoms with van der Waals surface area (Å²) >= 11 is 3.52. The highest BCUT2D eigenvalue weighted by Gasteiger charge is 2.42. The number of methoxy groups -OCH3 is 1. The molecule has 1 saturated carbocycles. The van der Waals surface area contributed by atoms with E-state index in [4.69, 9.17) is 9.47 Å². The zero-order valence-corrected chi connectivity index (χ0v) is 12.7. The lowest BCUT2D eigenvalue weighted by Gasteiger charge is -2.43. The fourth-order valence-electron chi connectivity index (χ4n) is 2.45. The molecule has 0 amide bonds. The fourth-order valence-corrected chi connectivity index (χ4v) is 3.06. The quantitative estimate of drug-likeness (QED) is 0.904. The van der Waals surface area contributed by atoms with E-state index >= 15 is 0 Å². The monoisotopic (exact) mass is 313 g/mol. The number of halogens is 1. The molecular weight excluding hydrogens is 294 g/mol. The van der Waals surface area contributed by atoms with Gasteiger partial charge in [0.1, 0.15) is 6.10 Å². The van der Waals surface area contributed by atoms with Gasteiger partial charge in [0.15, 0.2) is 0 Å². The maximum atomic E-state index is 5.62. The summed E-state index contributed by atoms with van der Waals surface area (Å²) in [6.07, 6.45) is 1.37. The maximum Gasteiger partial charge on any atom is 0.103 e. The van der Waals surface area contributed by atoms with E-state index in [1.54, 1.807) is 7.11 Å². The molecular formula is C14H20BrNO2. The molecule has 2 rings (SSSR count). The van der Waals surface area contributed by atoms with Crippen LogP contribution in [0.2, 0.25) is 0 Å². The Hall–Kier alpha value is -0.580. The minimum Gasteiger partial charge on any atom is -0.379 e. The Morgan fingerprint density at radius 2 is 2.17 bits per heavy atom. The van der Waals surface area contributed by atoms with Gasteiger partial charge in [-0.05, 0) is 44.0 Å². The Morgan fingerprint density at radius 1 is 1.39 bits per heavy atom. The molecule has 4 heteroatoms. The van der Waals surface area contributed by atoms with E-state index in [1.807, 2.05) is 6.92 Å². The van der Waals surface area contributed by atoms with Crippen molar-refractivity contribution in [1.29, 1.82) is 0 Å². The van der Waals surface area contributed by atoms with Crippen molar-refractivity contribution in [2.45, 2.75) is 38.5 Å². The predicted molar refractivity (Wildman–Crippen MR) is 77.1 cm³/mol. The van der Waals surface area contributed by atoms with Crippen molar-refractivity contribution in [3.63, 3.8) is 0 Å². The van der Waals surface area contributed by atoms with Crippen LogP contribution in [0.1, 0.15) is 18.9 Å². The summed E-state index contributed by atoms with van der Waals surface area (Å²) < 4.78 is 12.2. The molecule has 1 aliphatic rings. The summed E-state index contributed by atoms with van der Waals surface area (Å²) in [6, 6.07) is 6.67. The second-order valence-corrected chi connectivity index (χ2v) is 5.61. The highest BCUT2D eigenvalue weighted by atomic mass is 79.9. The number of hydrogen-bond acceptors (Lipinski definition) is 3. The summed E-state index contributed by atoms with van der Waals surface area (Å²) in [5.41, 5.74) is 2.37. The highest BCUT2D eigenvalue weighted by Crippen LogP contribution is 2.30. The fraction of sp³-hybridized carbons (Fsp3) is 0.571. The van der Waals surface area contributed by atoms with Crippen molar-refractivity contribution in [3.05, 3.63) is 28.2 Å². The van der Waals surface area contributed by atoms with Gasteiger partial charge in [0.2, 0.25) is 0 Å². The van der Waals surface area contributed by atoms with Crippen molar-refractivity contribution >= 4 is 21.6 Å². The molecule has 0 aromatic heterocycles. The molecule has 3 unspecified atom stereocenters. The van der Waals surface area contributed by atoms with Crippen LogP contribution in [0.15, 0.2) is 22.7 Å². The van der Waals surface area contributed by atoms with Crippen molar-refractivity contribution in [3.8, 4) is 0 Å². The van der Waals surface area contributed by atoms with Gasteiger partial charge in [-0.15, -0.1) is 0 Å². The lowest BCUT2D eigenvalue weighted by atomic mass is 9.85. The van der Waals surface area contributed by atoms with Gasteiger partial charge in [-0.2, -0.15) is 0 Å². The number of rotatable bonds is 5. The third kappa shape index (κ3) is 3.05. The van der Waals surface area contributed by atoms with Gasteiger partial charge in [0.25, 0.3) is 0 Å². The third-order valence-electron chi connectivity index (χ3n) is 3.30. The van der Waals surface area contributed by atoms with Crippen molar-refractivity contribution < 1.29 is 9.47 Å². The molecule has 0 radical (unpaired) electrons. The second-order valence-electron chi connectivity index (χ2n) is 4.70. The van der Waals surface area contributed by atoms with Gasteiger partial charge in [0.05, 0.1) is 12.1 Å². The van der Waals surface area contributed by atoms with Gasteiger partial charge in [-0.3, -0.25) is 0 Å². The predicted octanol–water partition coefficient (Wildman–Crippen LogP) is 3.36. The minimum absolute atomic E-state index is 0.143. The van der Waals surface area contributed by atoms with Crippen LogP contribution in [0.5, 0.6) is 0 Å². The Balaban J connectivity index is 1.98. The Morgan fingerprint density at radius 3 is 2.78 bits per heavy atom. The molecule has 1 aromatic rings. The van der Waals surface area contributed by atoms with Crippen molar-refractivity contribution in [2.75, 3.05) is 19.0 Å².